The lowest BCUT2D eigenvalue weighted by atomic mass is 10.1. The average Bonchev–Trinajstić information content (AvgIpc) is 2.86. The van der Waals surface area contributed by atoms with E-state index < -0.39 is 0 Å². The summed E-state index contributed by atoms with van der Waals surface area (Å²) in [7, 11) is 0. The molecule has 106 valence electrons. The highest BCUT2D eigenvalue weighted by atomic mass is 16.1. The summed E-state index contributed by atoms with van der Waals surface area (Å²) in [5.41, 5.74) is 2.72. The van der Waals surface area contributed by atoms with Crippen LogP contribution in [0.15, 0.2) is 48.8 Å². The lowest BCUT2D eigenvalue weighted by Crippen LogP contribution is -2.10. The van der Waals surface area contributed by atoms with Crippen LogP contribution in [0.25, 0.3) is 11.0 Å². The van der Waals surface area contributed by atoms with Gasteiger partial charge in [0, 0.05) is 24.5 Å². The second-order valence-corrected chi connectivity index (χ2v) is 5.00. The molecule has 1 aromatic carbocycles. The van der Waals surface area contributed by atoms with E-state index in [1.54, 1.807) is 24.5 Å². The number of rotatable bonds is 5. The van der Waals surface area contributed by atoms with Gasteiger partial charge in [-0.1, -0.05) is 19.1 Å². The quantitative estimate of drug-likeness (QED) is 0.673. The summed E-state index contributed by atoms with van der Waals surface area (Å²) in [6.07, 6.45) is 4.61. The van der Waals surface area contributed by atoms with E-state index in [1.807, 2.05) is 18.2 Å². The van der Waals surface area contributed by atoms with E-state index in [4.69, 9.17) is 0 Å². The van der Waals surface area contributed by atoms with Crippen molar-refractivity contribution in [2.24, 2.45) is 0 Å². The first-order chi connectivity index (χ1) is 10.3. The number of benzene rings is 1. The molecule has 21 heavy (non-hydrogen) atoms. The maximum Gasteiger partial charge on any atom is 0.170 e. The van der Waals surface area contributed by atoms with Gasteiger partial charge < -0.3 is 4.57 Å². The van der Waals surface area contributed by atoms with Gasteiger partial charge in [0.15, 0.2) is 5.78 Å². The number of ketones is 1. The molecule has 0 aliphatic heterocycles. The van der Waals surface area contributed by atoms with E-state index >= 15 is 0 Å². The summed E-state index contributed by atoms with van der Waals surface area (Å²) in [6.45, 7) is 3.00. The number of aromatic nitrogens is 3. The van der Waals surface area contributed by atoms with Crippen LogP contribution in [-0.4, -0.2) is 20.3 Å². The highest BCUT2D eigenvalue weighted by Crippen LogP contribution is 2.18. The van der Waals surface area contributed by atoms with Crippen molar-refractivity contribution in [2.75, 3.05) is 0 Å². The van der Waals surface area contributed by atoms with Crippen molar-refractivity contribution in [3.05, 3.63) is 60.2 Å². The van der Waals surface area contributed by atoms with E-state index in [0.29, 0.717) is 12.0 Å². The van der Waals surface area contributed by atoms with E-state index in [9.17, 15) is 4.79 Å². The minimum Gasteiger partial charge on any atom is -0.328 e. The molecule has 0 aliphatic carbocycles. The van der Waals surface area contributed by atoms with Crippen molar-refractivity contribution in [1.82, 2.24) is 14.5 Å². The number of nitrogens with zero attached hydrogens (tertiary/aromatic N) is 3. The van der Waals surface area contributed by atoms with Gasteiger partial charge in [0.2, 0.25) is 0 Å². The van der Waals surface area contributed by atoms with Gasteiger partial charge in [0.1, 0.15) is 5.82 Å². The summed E-state index contributed by atoms with van der Waals surface area (Å²) in [4.78, 5) is 20.9. The highest BCUT2D eigenvalue weighted by Gasteiger charge is 2.14. The molecule has 4 nitrogen and oxygen atoms in total. The summed E-state index contributed by atoms with van der Waals surface area (Å²) < 4.78 is 2.15. The van der Waals surface area contributed by atoms with Crippen molar-refractivity contribution in [3.63, 3.8) is 0 Å². The lowest BCUT2D eigenvalue weighted by molar-refractivity contribution is 0.0989. The van der Waals surface area contributed by atoms with Crippen molar-refractivity contribution >= 4 is 16.8 Å². The summed E-state index contributed by atoms with van der Waals surface area (Å²) in [5, 5.41) is 0. The maximum absolute atomic E-state index is 12.4. The monoisotopic (exact) mass is 279 g/mol. The zero-order valence-corrected chi connectivity index (χ0v) is 12.0. The molecule has 0 unspecified atom stereocenters. The Morgan fingerprint density at radius 3 is 2.67 bits per heavy atom. The molecule has 0 radical (unpaired) electrons. The number of hydrogen-bond acceptors (Lipinski definition) is 3. The smallest absolute Gasteiger partial charge is 0.170 e. The zero-order valence-electron chi connectivity index (χ0n) is 12.0. The van der Waals surface area contributed by atoms with Gasteiger partial charge in [0.25, 0.3) is 0 Å². The number of aryl methyl sites for hydroxylation is 1. The Balaban J connectivity index is 1.96. The minimum absolute atomic E-state index is 0.0741. The first-order valence-corrected chi connectivity index (χ1v) is 7.17. The second-order valence-electron chi connectivity index (χ2n) is 5.00. The molecule has 0 saturated carbocycles. The van der Waals surface area contributed by atoms with Crippen molar-refractivity contribution in [1.29, 1.82) is 0 Å². The van der Waals surface area contributed by atoms with Gasteiger partial charge in [-0.3, -0.25) is 9.78 Å². The first-order valence-electron chi connectivity index (χ1n) is 7.17. The summed E-state index contributed by atoms with van der Waals surface area (Å²) in [6, 6.07) is 11.5. The van der Waals surface area contributed by atoms with E-state index in [-0.39, 0.29) is 5.78 Å². The Hall–Kier alpha value is -2.49. The zero-order chi connectivity index (χ0) is 14.7. The molecule has 0 atom stereocenters. The maximum atomic E-state index is 12.4. The number of hydrogen-bond donors (Lipinski definition) is 0. The fourth-order valence-corrected chi connectivity index (χ4v) is 2.52. The Morgan fingerprint density at radius 1 is 1.14 bits per heavy atom. The molecule has 2 aromatic heterocycles. The third-order valence-electron chi connectivity index (χ3n) is 3.50. The van der Waals surface area contributed by atoms with Crippen LogP contribution in [-0.2, 0) is 13.0 Å². The van der Waals surface area contributed by atoms with Crippen molar-refractivity contribution in [3.8, 4) is 0 Å². The summed E-state index contributed by atoms with van der Waals surface area (Å²) >= 11 is 0. The average molecular weight is 279 g/mol. The highest BCUT2D eigenvalue weighted by molar-refractivity contribution is 5.97. The Labute approximate surface area is 123 Å². The second kappa shape index (κ2) is 5.87. The standard InChI is InChI=1S/C17H17N3O/c1-2-11-20-15-6-4-3-5-14(15)19-17(20)12-16(21)13-7-9-18-10-8-13/h3-10H,2,11-12H2,1H3. The van der Waals surface area contributed by atoms with Gasteiger partial charge in [-0.25, -0.2) is 4.98 Å². The van der Waals surface area contributed by atoms with Crippen LogP contribution in [0.5, 0.6) is 0 Å². The van der Waals surface area contributed by atoms with Crippen LogP contribution in [0.2, 0.25) is 0 Å². The third-order valence-corrected chi connectivity index (χ3v) is 3.50. The summed E-state index contributed by atoms with van der Waals surface area (Å²) in [5.74, 6) is 0.907. The molecule has 0 N–H and O–H groups in total. The van der Waals surface area contributed by atoms with E-state index in [2.05, 4.69) is 27.5 Å². The fraction of sp³-hybridized carbons (Fsp3) is 0.235. The van der Waals surface area contributed by atoms with Crippen LogP contribution < -0.4 is 0 Å². The molecule has 2 heterocycles. The normalized spacial score (nSPS) is 10.9. The first kappa shape index (κ1) is 13.5. The van der Waals surface area contributed by atoms with Crippen LogP contribution in [0.1, 0.15) is 29.5 Å². The molecule has 3 rings (SSSR count). The van der Waals surface area contributed by atoms with E-state index in [1.165, 1.54) is 0 Å². The van der Waals surface area contributed by atoms with Crippen LogP contribution in [0, 0.1) is 0 Å². The lowest BCUT2D eigenvalue weighted by Gasteiger charge is -2.07. The predicted molar refractivity (Wildman–Crippen MR) is 82.3 cm³/mol. The molecule has 0 saturated heterocycles. The van der Waals surface area contributed by atoms with Crippen LogP contribution >= 0.6 is 0 Å². The molecular formula is C17H17N3O. The molecule has 0 amide bonds. The number of carbonyl (C=O) groups excluding carboxylic acids is 1. The van der Waals surface area contributed by atoms with Gasteiger partial charge in [-0.2, -0.15) is 0 Å². The topological polar surface area (TPSA) is 47.8 Å². The fourth-order valence-electron chi connectivity index (χ4n) is 2.52. The molecule has 0 aliphatic rings. The minimum atomic E-state index is 0.0741. The number of para-hydroxylation sites is 2. The number of fused-ring (bicyclic) bond motifs is 1. The van der Waals surface area contributed by atoms with Crippen molar-refractivity contribution in [2.45, 2.75) is 26.3 Å². The van der Waals surface area contributed by atoms with E-state index in [0.717, 1.165) is 29.8 Å². The van der Waals surface area contributed by atoms with Gasteiger partial charge in [0.05, 0.1) is 17.5 Å². The van der Waals surface area contributed by atoms with Gasteiger partial charge in [-0.05, 0) is 30.7 Å². The van der Waals surface area contributed by atoms with Crippen molar-refractivity contribution < 1.29 is 4.79 Å². The van der Waals surface area contributed by atoms with Crippen LogP contribution in [0.4, 0.5) is 0 Å². The number of Topliss-reactive ketones (excluding diaryl/α,β-unsaturated/α-hetero) is 1. The van der Waals surface area contributed by atoms with Gasteiger partial charge >= 0.3 is 0 Å². The molecule has 4 heteroatoms. The SMILES string of the molecule is CCCn1c(CC(=O)c2ccncc2)nc2ccccc21. The molecule has 0 fully saturated rings. The molecule has 0 bridgehead atoms. The molecule has 0 spiro atoms. The van der Waals surface area contributed by atoms with Crippen LogP contribution in [0.3, 0.4) is 0 Å². The number of carbonyl (C=O) groups is 1. The largest absolute Gasteiger partial charge is 0.328 e. The predicted octanol–water partition coefficient (Wildman–Crippen LogP) is 3.27. The Bertz CT molecular complexity index is 762. The van der Waals surface area contributed by atoms with Gasteiger partial charge in [-0.15, -0.1) is 0 Å². The number of pyridine rings is 1. The third kappa shape index (κ3) is 2.70. The number of imidazole rings is 1. The Morgan fingerprint density at radius 2 is 1.90 bits per heavy atom. The molecular weight excluding hydrogens is 262 g/mol. The molecule has 3 aromatic rings. The Kier molecular flexibility index (Phi) is 3.77.